The molecule has 1 aromatic rings. The molecule has 0 fully saturated rings. The van der Waals surface area contributed by atoms with Gasteiger partial charge in [-0.3, -0.25) is 0 Å². The van der Waals surface area contributed by atoms with Gasteiger partial charge in [-0.25, -0.2) is 0 Å². The zero-order chi connectivity index (χ0) is 11.4. The molecule has 0 heterocycles. The third-order valence-electron chi connectivity index (χ3n) is 2.55. The van der Waals surface area contributed by atoms with Crippen molar-refractivity contribution < 1.29 is 0 Å². The van der Waals surface area contributed by atoms with E-state index < -0.39 is 0 Å². The van der Waals surface area contributed by atoms with Gasteiger partial charge in [-0.05, 0) is 23.5 Å². The molecule has 0 saturated heterocycles. The SMILES string of the molecule is CC(C)Cc1ccc([C@@H](C)C(N)=S)cc1. The van der Waals surface area contributed by atoms with Gasteiger partial charge in [0.15, 0.2) is 0 Å². The summed E-state index contributed by atoms with van der Waals surface area (Å²) in [6.07, 6.45) is 1.13. The fourth-order valence-electron chi connectivity index (χ4n) is 1.58. The highest BCUT2D eigenvalue weighted by Crippen LogP contribution is 2.17. The second kappa shape index (κ2) is 5.26. The topological polar surface area (TPSA) is 26.0 Å². The van der Waals surface area contributed by atoms with Crippen LogP contribution in [-0.2, 0) is 6.42 Å². The number of hydrogen-bond donors (Lipinski definition) is 1. The quantitative estimate of drug-likeness (QED) is 0.790. The van der Waals surface area contributed by atoms with E-state index in [2.05, 4.69) is 38.1 Å². The molecule has 0 unspecified atom stereocenters. The fraction of sp³-hybridized carbons (Fsp3) is 0.462. The molecule has 1 atom stereocenters. The molecule has 0 amide bonds. The van der Waals surface area contributed by atoms with Crippen molar-refractivity contribution in [1.29, 1.82) is 0 Å². The van der Waals surface area contributed by atoms with Gasteiger partial charge in [-0.15, -0.1) is 0 Å². The molecule has 0 aromatic heterocycles. The predicted molar refractivity (Wildman–Crippen MR) is 70.2 cm³/mol. The summed E-state index contributed by atoms with van der Waals surface area (Å²) in [5.74, 6) is 0.872. The van der Waals surface area contributed by atoms with Gasteiger partial charge < -0.3 is 5.73 Å². The molecular weight excluding hydrogens is 202 g/mol. The number of nitrogens with two attached hydrogens (primary N) is 1. The summed E-state index contributed by atoms with van der Waals surface area (Å²) in [5, 5.41) is 0. The second-order valence-electron chi connectivity index (χ2n) is 4.46. The zero-order valence-electron chi connectivity index (χ0n) is 9.66. The monoisotopic (exact) mass is 221 g/mol. The minimum absolute atomic E-state index is 0.174. The van der Waals surface area contributed by atoms with Crippen LogP contribution in [0.25, 0.3) is 0 Å². The van der Waals surface area contributed by atoms with Gasteiger partial charge in [0.05, 0.1) is 4.99 Å². The lowest BCUT2D eigenvalue weighted by Crippen LogP contribution is -2.16. The van der Waals surface area contributed by atoms with Gasteiger partial charge in [0, 0.05) is 5.92 Å². The van der Waals surface area contributed by atoms with Gasteiger partial charge in [0.1, 0.15) is 0 Å². The molecule has 2 N–H and O–H groups in total. The smallest absolute Gasteiger partial charge is 0.0800 e. The lowest BCUT2D eigenvalue weighted by molar-refractivity contribution is 0.647. The van der Waals surface area contributed by atoms with E-state index in [4.69, 9.17) is 18.0 Å². The number of thiocarbonyl (C=S) groups is 1. The first kappa shape index (κ1) is 12.2. The van der Waals surface area contributed by atoms with Crippen molar-refractivity contribution in [2.45, 2.75) is 33.1 Å². The summed E-state index contributed by atoms with van der Waals surface area (Å²) >= 11 is 4.98. The maximum atomic E-state index is 5.62. The Morgan fingerprint density at radius 2 is 1.73 bits per heavy atom. The Balaban J connectivity index is 2.76. The van der Waals surface area contributed by atoms with Crippen molar-refractivity contribution in [2.24, 2.45) is 11.7 Å². The second-order valence-corrected chi connectivity index (χ2v) is 4.94. The molecule has 0 aliphatic rings. The molecule has 1 nitrogen and oxygen atoms in total. The Morgan fingerprint density at radius 1 is 1.20 bits per heavy atom. The van der Waals surface area contributed by atoms with Crippen LogP contribution in [0.5, 0.6) is 0 Å². The fourth-order valence-corrected chi connectivity index (χ4v) is 1.71. The Bertz CT molecular complexity index is 327. The minimum atomic E-state index is 0.174. The molecule has 0 radical (unpaired) electrons. The van der Waals surface area contributed by atoms with Crippen LogP contribution in [0.1, 0.15) is 37.8 Å². The van der Waals surface area contributed by atoms with E-state index in [9.17, 15) is 0 Å². The lowest BCUT2D eigenvalue weighted by atomic mass is 9.97. The number of benzene rings is 1. The van der Waals surface area contributed by atoms with E-state index in [1.165, 1.54) is 11.1 Å². The Labute approximate surface area is 97.7 Å². The number of rotatable bonds is 4. The molecule has 0 aliphatic carbocycles. The third-order valence-corrected chi connectivity index (χ3v) is 2.90. The van der Waals surface area contributed by atoms with E-state index in [0.717, 1.165) is 6.42 Å². The Hall–Kier alpha value is -0.890. The summed E-state index contributed by atoms with van der Waals surface area (Å²) in [6, 6.07) is 8.59. The predicted octanol–water partition coefficient (Wildman–Crippen LogP) is 3.27. The van der Waals surface area contributed by atoms with Gasteiger partial charge in [-0.1, -0.05) is 57.3 Å². The van der Waals surface area contributed by atoms with Crippen LogP contribution in [0.4, 0.5) is 0 Å². The average molecular weight is 221 g/mol. The summed E-state index contributed by atoms with van der Waals surface area (Å²) in [5.41, 5.74) is 8.20. The van der Waals surface area contributed by atoms with E-state index in [1.54, 1.807) is 0 Å². The van der Waals surface area contributed by atoms with Crippen LogP contribution in [-0.4, -0.2) is 4.99 Å². The van der Waals surface area contributed by atoms with E-state index >= 15 is 0 Å². The van der Waals surface area contributed by atoms with Crippen molar-refractivity contribution in [1.82, 2.24) is 0 Å². The highest BCUT2D eigenvalue weighted by Gasteiger charge is 2.07. The molecular formula is C13H19NS. The van der Waals surface area contributed by atoms with Crippen LogP contribution in [0.3, 0.4) is 0 Å². The summed E-state index contributed by atoms with van der Waals surface area (Å²) < 4.78 is 0. The molecule has 0 spiro atoms. The highest BCUT2D eigenvalue weighted by atomic mass is 32.1. The van der Waals surface area contributed by atoms with Gasteiger partial charge in [0.2, 0.25) is 0 Å². The maximum absolute atomic E-state index is 5.62. The highest BCUT2D eigenvalue weighted by molar-refractivity contribution is 7.80. The zero-order valence-corrected chi connectivity index (χ0v) is 10.5. The van der Waals surface area contributed by atoms with E-state index in [0.29, 0.717) is 10.9 Å². The first-order chi connectivity index (χ1) is 7.00. The third kappa shape index (κ3) is 3.63. The Kier molecular flexibility index (Phi) is 4.28. The standard InChI is InChI=1S/C13H19NS/c1-9(2)8-11-4-6-12(7-5-11)10(3)13(14)15/h4-7,9-10H,8H2,1-3H3,(H2,14,15)/t10-/m1/s1. The lowest BCUT2D eigenvalue weighted by Gasteiger charge is -2.11. The van der Waals surface area contributed by atoms with Crippen molar-refractivity contribution in [3.05, 3.63) is 35.4 Å². The van der Waals surface area contributed by atoms with Crippen LogP contribution >= 0.6 is 12.2 Å². The van der Waals surface area contributed by atoms with Crippen molar-refractivity contribution in [2.75, 3.05) is 0 Å². The molecule has 2 heteroatoms. The summed E-state index contributed by atoms with van der Waals surface area (Å²) in [7, 11) is 0. The molecule has 0 aliphatic heterocycles. The first-order valence-electron chi connectivity index (χ1n) is 5.39. The van der Waals surface area contributed by atoms with Crippen LogP contribution < -0.4 is 5.73 Å². The molecule has 0 bridgehead atoms. The van der Waals surface area contributed by atoms with Gasteiger partial charge in [-0.2, -0.15) is 0 Å². The van der Waals surface area contributed by atoms with E-state index in [1.807, 2.05) is 6.92 Å². The van der Waals surface area contributed by atoms with Crippen LogP contribution in [0.15, 0.2) is 24.3 Å². The van der Waals surface area contributed by atoms with Gasteiger partial charge >= 0.3 is 0 Å². The minimum Gasteiger partial charge on any atom is -0.393 e. The molecule has 15 heavy (non-hydrogen) atoms. The van der Waals surface area contributed by atoms with Crippen LogP contribution in [0, 0.1) is 5.92 Å². The molecule has 0 saturated carbocycles. The average Bonchev–Trinajstić information content (AvgIpc) is 2.17. The molecule has 82 valence electrons. The Morgan fingerprint density at radius 3 is 2.13 bits per heavy atom. The van der Waals surface area contributed by atoms with Crippen LogP contribution in [0.2, 0.25) is 0 Å². The largest absolute Gasteiger partial charge is 0.393 e. The molecule has 1 aromatic carbocycles. The maximum Gasteiger partial charge on any atom is 0.0800 e. The van der Waals surface area contributed by atoms with Crippen molar-refractivity contribution in [3.8, 4) is 0 Å². The first-order valence-corrected chi connectivity index (χ1v) is 5.79. The summed E-state index contributed by atoms with van der Waals surface area (Å²) in [4.78, 5) is 0.562. The van der Waals surface area contributed by atoms with Crippen molar-refractivity contribution >= 4 is 17.2 Å². The van der Waals surface area contributed by atoms with Gasteiger partial charge in [0.25, 0.3) is 0 Å². The number of hydrogen-bond acceptors (Lipinski definition) is 1. The van der Waals surface area contributed by atoms with Crippen molar-refractivity contribution in [3.63, 3.8) is 0 Å². The summed E-state index contributed by atoms with van der Waals surface area (Å²) in [6.45, 7) is 6.50. The molecule has 1 rings (SSSR count). The normalized spacial score (nSPS) is 12.8. The van der Waals surface area contributed by atoms with E-state index in [-0.39, 0.29) is 5.92 Å².